The molecule has 192 valence electrons. The van der Waals surface area contributed by atoms with Crippen LogP contribution in [0.3, 0.4) is 0 Å². The number of hydrogen-bond donors (Lipinski definition) is 0. The summed E-state index contributed by atoms with van der Waals surface area (Å²) in [5.41, 5.74) is 3.49. The minimum Gasteiger partial charge on any atom is -0.481 e. The van der Waals surface area contributed by atoms with Gasteiger partial charge in [0.15, 0.2) is 5.82 Å². The summed E-state index contributed by atoms with van der Waals surface area (Å²) in [5, 5.41) is 0. The van der Waals surface area contributed by atoms with Crippen LogP contribution in [0.5, 0.6) is 5.88 Å². The van der Waals surface area contributed by atoms with Crippen molar-refractivity contribution in [1.29, 1.82) is 0 Å². The van der Waals surface area contributed by atoms with Crippen LogP contribution in [-0.2, 0) is 0 Å². The van der Waals surface area contributed by atoms with Crippen molar-refractivity contribution in [2.75, 3.05) is 25.1 Å². The van der Waals surface area contributed by atoms with E-state index in [-0.39, 0.29) is 19.5 Å². The molecule has 1 unspecified atom stereocenters. The van der Waals surface area contributed by atoms with Crippen LogP contribution in [0.4, 0.5) is 20.5 Å². The Labute approximate surface area is 221 Å². The highest BCUT2D eigenvalue weighted by molar-refractivity contribution is 6.13. The fraction of sp³-hybridized carbons (Fsp3) is 0.194. The van der Waals surface area contributed by atoms with E-state index in [0.29, 0.717) is 17.6 Å². The summed E-state index contributed by atoms with van der Waals surface area (Å²) < 4.78 is 35.2. The molecule has 1 aromatic heterocycles. The Hall–Kier alpha value is -4.39. The smallest absolute Gasteiger partial charge is 0.257 e. The summed E-state index contributed by atoms with van der Waals surface area (Å²) in [6.45, 7) is 0.208. The van der Waals surface area contributed by atoms with E-state index in [0.717, 1.165) is 22.4 Å². The number of benzene rings is 3. The molecular formula is C31H28F2N4O. The fourth-order valence-corrected chi connectivity index (χ4v) is 4.41. The van der Waals surface area contributed by atoms with Crippen LogP contribution >= 0.6 is 0 Å². The van der Waals surface area contributed by atoms with Crippen molar-refractivity contribution >= 4 is 23.6 Å². The van der Waals surface area contributed by atoms with E-state index >= 15 is 0 Å². The van der Waals surface area contributed by atoms with Crippen molar-refractivity contribution in [3.8, 4) is 5.88 Å². The summed E-state index contributed by atoms with van der Waals surface area (Å²) >= 11 is 0. The van der Waals surface area contributed by atoms with Crippen LogP contribution in [0.25, 0.3) is 6.08 Å². The Morgan fingerprint density at radius 2 is 1.53 bits per heavy atom. The molecule has 0 N–H and O–H groups in total. The van der Waals surface area contributed by atoms with Gasteiger partial charge in [-0.1, -0.05) is 103 Å². The fourth-order valence-electron chi connectivity index (χ4n) is 4.41. The molecule has 4 aromatic rings. The molecule has 0 saturated carbocycles. The van der Waals surface area contributed by atoms with Crippen molar-refractivity contribution in [1.82, 2.24) is 9.97 Å². The van der Waals surface area contributed by atoms with Crippen LogP contribution in [-0.4, -0.2) is 41.8 Å². The van der Waals surface area contributed by atoms with Crippen molar-refractivity contribution in [2.45, 2.75) is 12.3 Å². The summed E-state index contributed by atoms with van der Waals surface area (Å²) in [6, 6.07) is 30.8. The molecule has 0 aliphatic carbocycles. The lowest BCUT2D eigenvalue weighted by Crippen LogP contribution is -2.47. The van der Waals surface area contributed by atoms with Crippen molar-refractivity contribution < 1.29 is 13.5 Å². The number of rotatable bonds is 7. The minimum absolute atomic E-state index is 0.0802. The summed E-state index contributed by atoms with van der Waals surface area (Å²) in [7, 11) is 1.52. The maximum Gasteiger partial charge on any atom is 0.257 e. The van der Waals surface area contributed by atoms with Gasteiger partial charge >= 0.3 is 0 Å². The van der Waals surface area contributed by atoms with Crippen molar-refractivity contribution in [3.63, 3.8) is 0 Å². The lowest BCUT2D eigenvalue weighted by atomic mass is 9.92. The third kappa shape index (κ3) is 5.94. The first-order valence-electron chi connectivity index (χ1n) is 12.5. The second-order valence-electron chi connectivity index (χ2n) is 9.09. The first-order valence-corrected chi connectivity index (χ1v) is 12.5. The number of ether oxygens (including phenoxy) is 1. The second-order valence-corrected chi connectivity index (χ2v) is 9.09. The molecule has 0 bridgehead atoms. The van der Waals surface area contributed by atoms with E-state index in [1.807, 2.05) is 91.0 Å². The van der Waals surface area contributed by atoms with Crippen LogP contribution in [0, 0.1) is 5.92 Å². The number of nitrogens with zero attached hydrogens (tertiary/aromatic N) is 4. The molecule has 3 aromatic carbocycles. The maximum atomic E-state index is 14.9. The number of hydrogen-bond acceptors (Lipinski definition) is 5. The Kier molecular flexibility index (Phi) is 7.54. The number of alkyl halides is 2. The van der Waals surface area contributed by atoms with Gasteiger partial charge in [-0.2, -0.15) is 9.97 Å². The van der Waals surface area contributed by atoms with E-state index in [9.17, 15) is 8.78 Å². The van der Waals surface area contributed by atoms with Gasteiger partial charge < -0.3 is 9.64 Å². The third-order valence-electron chi connectivity index (χ3n) is 6.49. The lowest BCUT2D eigenvalue weighted by molar-refractivity contribution is -0.0544. The molecule has 5 rings (SSSR count). The molecule has 2 heterocycles. The van der Waals surface area contributed by atoms with Gasteiger partial charge in [-0.3, -0.25) is 0 Å². The Balaban J connectivity index is 1.49. The minimum atomic E-state index is -2.82. The number of anilines is 1. The molecule has 1 atom stereocenters. The van der Waals surface area contributed by atoms with Crippen LogP contribution < -0.4 is 9.64 Å². The molecule has 1 aliphatic rings. The third-order valence-corrected chi connectivity index (χ3v) is 6.49. The normalized spacial score (nSPS) is 16.8. The van der Waals surface area contributed by atoms with Gasteiger partial charge in [-0.25, -0.2) is 13.8 Å². The van der Waals surface area contributed by atoms with Gasteiger partial charge in [-0.05, 0) is 5.56 Å². The maximum absolute atomic E-state index is 14.9. The Bertz CT molecular complexity index is 1370. The first kappa shape index (κ1) is 25.3. The zero-order chi connectivity index (χ0) is 26.4. The van der Waals surface area contributed by atoms with E-state index in [1.165, 1.54) is 7.11 Å². The number of methoxy groups -OCH3 is 1. The highest BCUT2D eigenvalue weighted by Gasteiger charge is 2.43. The van der Waals surface area contributed by atoms with Gasteiger partial charge in [-0.15, -0.1) is 0 Å². The van der Waals surface area contributed by atoms with E-state index in [4.69, 9.17) is 9.73 Å². The molecule has 38 heavy (non-hydrogen) atoms. The SMILES string of the molecule is COc1cc(N=C(c2ccccc2)c2ccccc2)nc(N2CCC(F)(F)C(/C=C/c3ccccc3)C2)n1. The highest BCUT2D eigenvalue weighted by atomic mass is 19.3. The topological polar surface area (TPSA) is 50.6 Å². The zero-order valence-corrected chi connectivity index (χ0v) is 21.0. The number of piperidine rings is 1. The molecule has 0 radical (unpaired) electrons. The highest BCUT2D eigenvalue weighted by Crippen LogP contribution is 2.36. The predicted octanol–water partition coefficient (Wildman–Crippen LogP) is 6.83. The largest absolute Gasteiger partial charge is 0.481 e. The number of aromatic nitrogens is 2. The van der Waals surface area contributed by atoms with Crippen molar-refractivity contribution in [3.05, 3.63) is 120 Å². The second kappa shape index (κ2) is 11.3. The monoisotopic (exact) mass is 510 g/mol. The number of halogens is 2. The van der Waals surface area contributed by atoms with E-state index in [2.05, 4.69) is 9.97 Å². The van der Waals surface area contributed by atoms with Gasteiger partial charge in [0.1, 0.15) is 0 Å². The van der Waals surface area contributed by atoms with Crippen LogP contribution in [0.15, 0.2) is 108 Å². The molecular weight excluding hydrogens is 482 g/mol. The van der Waals surface area contributed by atoms with Gasteiger partial charge in [0, 0.05) is 36.7 Å². The molecule has 1 saturated heterocycles. The van der Waals surface area contributed by atoms with Gasteiger partial charge in [0.05, 0.1) is 18.7 Å². The van der Waals surface area contributed by atoms with Crippen LogP contribution in [0.2, 0.25) is 0 Å². The molecule has 1 fully saturated rings. The molecule has 7 heteroatoms. The molecule has 5 nitrogen and oxygen atoms in total. The Morgan fingerprint density at radius 1 is 0.921 bits per heavy atom. The van der Waals surface area contributed by atoms with E-state index < -0.39 is 11.8 Å². The van der Waals surface area contributed by atoms with Crippen LogP contribution in [0.1, 0.15) is 23.1 Å². The van der Waals surface area contributed by atoms with Gasteiger partial charge in [0.25, 0.3) is 5.92 Å². The lowest BCUT2D eigenvalue weighted by Gasteiger charge is -2.37. The summed E-state index contributed by atoms with van der Waals surface area (Å²) in [6.07, 6.45) is 3.04. The summed E-state index contributed by atoms with van der Waals surface area (Å²) in [4.78, 5) is 15.8. The van der Waals surface area contributed by atoms with Gasteiger partial charge in [0.2, 0.25) is 11.8 Å². The first-order chi connectivity index (χ1) is 18.5. The average Bonchev–Trinajstić information content (AvgIpc) is 2.96. The molecule has 0 amide bonds. The quantitative estimate of drug-likeness (QED) is 0.256. The molecule has 1 aliphatic heterocycles. The standard InChI is InChI=1S/C31H28F2N4O/c1-38-28-21-27(34-29(24-13-7-3-8-14-24)25-15-9-4-10-16-25)35-30(36-28)37-20-19-31(32,33)26(22-37)18-17-23-11-5-2-6-12-23/h2-18,21,26H,19-20,22H2,1H3/b18-17+. The van der Waals surface area contributed by atoms with Crippen molar-refractivity contribution in [2.24, 2.45) is 10.9 Å². The average molecular weight is 511 g/mol. The molecule has 0 spiro atoms. The van der Waals surface area contributed by atoms with E-state index in [1.54, 1.807) is 23.1 Å². The number of aliphatic imine (C=N–C) groups is 1. The Morgan fingerprint density at radius 3 is 2.13 bits per heavy atom. The summed E-state index contributed by atoms with van der Waals surface area (Å²) in [5.74, 6) is -2.78. The predicted molar refractivity (Wildman–Crippen MR) is 148 cm³/mol. The zero-order valence-electron chi connectivity index (χ0n) is 21.0.